The third-order valence-corrected chi connectivity index (χ3v) is 4.23. The fourth-order valence-corrected chi connectivity index (χ4v) is 2.86. The maximum absolute atomic E-state index is 9.55. The van der Waals surface area contributed by atoms with Crippen LogP contribution in [0.1, 0.15) is 11.1 Å². The van der Waals surface area contributed by atoms with Crippen molar-refractivity contribution in [2.45, 2.75) is 6.54 Å². The van der Waals surface area contributed by atoms with E-state index in [1.54, 1.807) is 18.2 Å². The SMILES string of the molecule is CNCc1ccc(Oc2cc(Cl)ccc2C#N)c2ccccc12.O=C(O)/C=C/C(=O)O. The van der Waals surface area contributed by atoms with Crippen LogP contribution >= 0.6 is 11.6 Å². The van der Waals surface area contributed by atoms with Crippen LogP contribution in [0.15, 0.2) is 66.7 Å². The smallest absolute Gasteiger partial charge is 0.328 e. The second-order valence-corrected chi connectivity index (χ2v) is 6.60. The summed E-state index contributed by atoms with van der Waals surface area (Å²) >= 11 is 6.03. The number of ether oxygens (including phenoxy) is 1. The Bertz CT molecular complexity index is 1150. The quantitative estimate of drug-likeness (QED) is 0.481. The van der Waals surface area contributed by atoms with Crippen molar-refractivity contribution >= 4 is 34.3 Å². The largest absolute Gasteiger partial charge is 0.478 e. The molecule has 0 fully saturated rings. The third-order valence-electron chi connectivity index (χ3n) is 3.99. The molecule has 0 amide bonds. The Morgan fingerprint density at radius 1 is 1.03 bits per heavy atom. The number of hydrogen-bond donors (Lipinski definition) is 3. The summed E-state index contributed by atoms with van der Waals surface area (Å²) in [5.41, 5.74) is 1.65. The van der Waals surface area contributed by atoms with Crippen molar-refractivity contribution < 1.29 is 24.5 Å². The first kappa shape index (κ1) is 23.4. The Morgan fingerprint density at radius 2 is 1.68 bits per heavy atom. The Kier molecular flexibility index (Phi) is 8.58. The first-order chi connectivity index (χ1) is 14.8. The number of rotatable bonds is 6. The molecule has 3 rings (SSSR count). The molecule has 0 atom stereocenters. The summed E-state index contributed by atoms with van der Waals surface area (Å²) in [7, 11) is 1.92. The highest BCUT2D eigenvalue weighted by molar-refractivity contribution is 6.30. The Morgan fingerprint density at radius 3 is 2.26 bits per heavy atom. The lowest BCUT2D eigenvalue weighted by Gasteiger charge is -2.13. The van der Waals surface area contributed by atoms with Gasteiger partial charge in [0.25, 0.3) is 0 Å². The maximum atomic E-state index is 9.55. The van der Waals surface area contributed by atoms with Gasteiger partial charge in [0.2, 0.25) is 0 Å². The zero-order chi connectivity index (χ0) is 22.8. The fraction of sp³-hybridized carbons (Fsp3) is 0.0870. The van der Waals surface area contributed by atoms with E-state index >= 15 is 0 Å². The minimum absolute atomic E-state index is 0.456. The molecule has 0 aliphatic heterocycles. The van der Waals surface area contributed by atoms with Crippen LogP contribution in [0.25, 0.3) is 10.8 Å². The lowest BCUT2D eigenvalue weighted by molar-refractivity contribution is -0.134. The minimum Gasteiger partial charge on any atom is -0.478 e. The van der Waals surface area contributed by atoms with Crippen LogP contribution in [0.2, 0.25) is 5.02 Å². The second kappa shape index (κ2) is 11.4. The molecule has 158 valence electrons. The van der Waals surface area contributed by atoms with Crippen LogP contribution in [0.4, 0.5) is 0 Å². The van der Waals surface area contributed by atoms with E-state index in [9.17, 15) is 14.9 Å². The van der Waals surface area contributed by atoms with Gasteiger partial charge in [0, 0.05) is 35.2 Å². The molecule has 7 nitrogen and oxygen atoms in total. The summed E-state index contributed by atoms with van der Waals surface area (Å²) in [4.78, 5) is 19.1. The third kappa shape index (κ3) is 6.85. The maximum Gasteiger partial charge on any atom is 0.328 e. The number of halogens is 1. The number of nitrogens with zero attached hydrogens (tertiary/aromatic N) is 1. The molecule has 3 N–H and O–H groups in total. The molecule has 0 unspecified atom stereocenters. The molecular formula is C23H19ClN2O5. The normalized spacial score (nSPS) is 10.2. The predicted octanol–water partition coefficient (Wildman–Crippen LogP) is 4.59. The molecule has 0 bridgehead atoms. The molecular weight excluding hydrogens is 420 g/mol. The van der Waals surface area contributed by atoms with Gasteiger partial charge >= 0.3 is 11.9 Å². The van der Waals surface area contributed by atoms with Crippen LogP contribution in [0, 0.1) is 11.3 Å². The molecule has 0 radical (unpaired) electrons. The summed E-state index contributed by atoms with van der Waals surface area (Å²) in [6.45, 7) is 0.779. The molecule has 0 heterocycles. The summed E-state index contributed by atoms with van der Waals surface area (Å²) in [5.74, 6) is -1.34. The fourth-order valence-electron chi connectivity index (χ4n) is 2.70. The van der Waals surface area contributed by atoms with Crippen LogP contribution in [0.5, 0.6) is 11.5 Å². The van der Waals surface area contributed by atoms with Gasteiger partial charge in [-0.3, -0.25) is 0 Å². The van der Waals surface area contributed by atoms with E-state index in [1.165, 1.54) is 5.56 Å². The zero-order valence-corrected chi connectivity index (χ0v) is 17.3. The van der Waals surface area contributed by atoms with E-state index in [0.717, 1.165) is 17.3 Å². The van der Waals surface area contributed by atoms with Crippen LogP contribution < -0.4 is 10.1 Å². The molecule has 0 aromatic heterocycles. The number of carboxylic acids is 2. The topological polar surface area (TPSA) is 120 Å². The zero-order valence-electron chi connectivity index (χ0n) is 16.5. The molecule has 3 aromatic rings. The average molecular weight is 439 g/mol. The van der Waals surface area contributed by atoms with Crippen LogP contribution in [0.3, 0.4) is 0 Å². The van der Waals surface area contributed by atoms with Gasteiger partial charge in [0.1, 0.15) is 17.6 Å². The molecule has 0 saturated carbocycles. The van der Waals surface area contributed by atoms with Gasteiger partial charge in [-0.05, 0) is 36.2 Å². The standard InChI is InChI=1S/C19H15ClN2O.C4H4O4/c1-22-12-14-7-9-18(17-5-3-2-4-16(14)17)23-19-10-15(20)8-6-13(19)11-21;5-3(6)1-2-4(7)8/h2-10,22H,12H2,1H3;1-2H,(H,5,6)(H,7,8)/b;2-1+. The summed E-state index contributed by atoms with van der Waals surface area (Å²) in [6, 6.07) is 19.2. The predicted molar refractivity (Wildman–Crippen MR) is 117 cm³/mol. The number of aliphatic carboxylic acids is 2. The Balaban J connectivity index is 0.000000366. The van der Waals surface area contributed by atoms with Gasteiger partial charge in [-0.2, -0.15) is 5.26 Å². The van der Waals surface area contributed by atoms with Crippen molar-refractivity contribution in [3.63, 3.8) is 0 Å². The number of hydrogen-bond acceptors (Lipinski definition) is 5. The number of benzene rings is 3. The number of carbonyl (C=O) groups is 2. The van der Waals surface area contributed by atoms with Gasteiger partial charge in [-0.15, -0.1) is 0 Å². The van der Waals surface area contributed by atoms with E-state index in [1.807, 2.05) is 37.4 Å². The molecule has 0 aliphatic rings. The van der Waals surface area contributed by atoms with E-state index in [4.69, 9.17) is 26.6 Å². The van der Waals surface area contributed by atoms with E-state index < -0.39 is 11.9 Å². The van der Waals surface area contributed by atoms with Gasteiger partial charge in [-0.25, -0.2) is 9.59 Å². The molecule has 8 heteroatoms. The highest BCUT2D eigenvalue weighted by Gasteiger charge is 2.10. The van der Waals surface area contributed by atoms with Gasteiger partial charge in [0.05, 0.1) is 5.56 Å². The van der Waals surface area contributed by atoms with Crippen molar-refractivity contribution in [1.82, 2.24) is 5.32 Å². The van der Waals surface area contributed by atoms with Crippen molar-refractivity contribution in [2.24, 2.45) is 0 Å². The highest BCUT2D eigenvalue weighted by atomic mass is 35.5. The number of carboxylic acid groups (broad SMARTS) is 2. The summed E-state index contributed by atoms with van der Waals surface area (Å²) in [6.07, 6.45) is 1.12. The highest BCUT2D eigenvalue weighted by Crippen LogP contribution is 2.34. The van der Waals surface area contributed by atoms with Crippen molar-refractivity contribution in [3.8, 4) is 17.6 Å². The Labute approximate surface area is 183 Å². The average Bonchev–Trinajstić information content (AvgIpc) is 2.75. The lowest BCUT2D eigenvalue weighted by Crippen LogP contribution is -2.05. The van der Waals surface area contributed by atoms with E-state index in [-0.39, 0.29) is 0 Å². The molecule has 3 aromatic carbocycles. The van der Waals surface area contributed by atoms with Crippen molar-refractivity contribution in [2.75, 3.05) is 7.05 Å². The van der Waals surface area contributed by atoms with Crippen molar-refractivity contribution in [3.05, 3.63) is 82.9 Å². The van der Waals surface area contributed by atoms with E-state index in [0.29, 0.717) is 34.2 Å². The van der Waals surface area contributed by atoms with Crippen LogP contribution in [-0.2, 0) is 16.1 Å². The second-order valence-electron chi connectivity index (χ2n) is 6.16. The van der Waals surface area contributed by atoms with Gasteiger partial charge < -0.3 is 20.3 Å². The monoisotopic (exact) mass is 438 g/mol. The van der Waals surface area contributed by atoms with Crippen LogP contribution in [-0.4, -0.2) is 29.2 Å². The van der Waals surface area contributed by atoms with Crippen molar-refractivity contribution in [1.29, 1.82) is 5.26 Å². The minimum atomic E-state index is -1.26. The lowest BCUT2D eigenvalue weighted by atomic mass is 10.0. The molecule has 31 heavy (non-hydrogen) atoms. The molecule has 0 saturated heterocycles. The molecule has 0 aliphatic carbocycles. The number of nitriles is 1. The number of fused-ring (bicyclic) bond motifs is 1. The summed E-state index contributed by atoms with van der Waals surface area (Å²) < 4.78 is 6.00. The molecule has 0 spiro atoms. The van der Waals surface area contributed by atoms with E-state index in [2.05, 4.69) is 17.5 Å². The summed E-state index contributed by atoms with van der Waals surface area (Å²) in [5, 5.41) is 30.7. The first-order valence-corrected chi connectivity index (χ1v) is 9.40. The first-order valence-electron chi connectivity index (χ1n) is 9.02. The van der Waals surface area contributed by atoms with Gasteiger partial charge in [-0.1, -0.05) is 41.9 Å². The Hall–Kier alpha value is -3.86. The number of nitrogens with one attached hydrogen (secondary N) is 1. The van der Waals surface area contributed by atoms with Gasteiger partial charge in [0.15, 0.2) is 0 Å².